The summed E-state index contributed by atoms with van der Waals surface area (Å²) < 4.78 is 0. The lowest BCUT2D eigenvalue weighted by atomic mass is 9.84. The minimum absolute atomic E-state index is 0.534. The molecule has 2 unspecified atom stereocenters. The van der Waals surface area contributed by atoms with Gasteiger partial charge in [0.2, 0.25) is 0 Å². The highest BCUT2D eigenvalue weighted by Crippen LogP contribution is 2.36. The van der Waals surface area contributed by atoms with Crippen LogP contribution in [0.3, 0.4) is 0 Å². The van der Waals surface area contributed by atoms with Crippen LogP contribution in [0, 0.1) is 5.92 Å². The van der Waals surface area contributed by atoms with E-state index in [2.05, 4.69) is 0 Å². The minimum atomic E-state index is -1.11. The Hall–Kier alpha value is -0.830. The zero-order chi connectivity index (χ0) is 9.35. The molecule has 0 saturated heterocycles. The van der Waals surface area contributed by atoms with E-state index < -0.39 is 17.5 Å². The molecule has 0 fully saturated rings. The third kappa shape index (κ3) is 1.25. The van der Waals surface area contributed by atoms with Gasteiger partial charge in [-0.25, -0.2) is 0 Å². The van der Waals surface area contributed by atoms with Crippen LogP contribution in [0.1, 0.15) is 26.7 Å². The van der Waals surface area contributed by atoms with Gasteiger partial charge in [-0.05, 0) is 32.3 Å². The maximum Gasteiger partial charge on any atom is 0.309 e. The highest BCUT2D eigenvalue weighted by Gasteiger charge is 2.41. The lowest BCUT2D eigenvalue weighted by molar-refractivity contribution is -0.148. The monoisotopic (exact) mass is 170 g/mol. The molecular formula is C9H14O3. The largest absolute Gasteiger partial charge is 0.481 e. The molecule has 1 aliphatic rings. The summed E-state index contributed by atoms with van der Waals surface area (Å²) in [6.07, 6.45) is 3.21. The van der Waals surface area contributed by atoms with Gasteiger partial charge in [0.05, 0.1) is 11.5 Å². The lowest BCUT2D eigenvalue weighted by Crippen LogP contribution is -2.39. The molecule has 3 nitrogen and oxygen atoms in total. The fourth-order valence-electron chi connectivity index (χ4n) is 1.64. The van der Waals surface area contributed by atoms with Crippen molar-refractivity contribution in [2.75, 3.05) is 0 Å². The third-order valence-electron chi connectivity index (χ3n) is 2.75. The van der Waals surface area contributed by atoms with E-state index in [0.29, 0.717) is 6.42 Å². The Bertz CT molecular complexity index is 232. The highest BCUT2D eigenvalue weighted by atomic mass is 16.4. The number of allylic oxidation sites excluding steroid dienone is 1. The van der Waals surface area contributed by atoms with Crippen molar-refractivity contribution >= 4 is 5.97 Å². The average Bonchev–Trinajstić information content (AvgIpc) is 2.32. The summed E-state index contributed by atoms with van der Waals surface area (Å²) in [5, 5.41) is 18.7. The molecule has 2 N–H and O–H groups in total. The van der Waals surface area contributed by atoms with Crippen molar-refractivity contribution in [3.05, 3.63) is 11.6 Å². The summed E-state index contributed by atoms with van der Waals surface area (Å²) in [6, 6.07) is 0. The molecule has 0 saturated carbocycles. The molecule has 2 atom stereocenters. The Morgan fingerprint density at radius 3 is 2.67 bits per heavy atom. The predicted octanol–water partition coefficient (Wildman–Crippen LogP) is 1.18. The van der Waals surface area contributed by atoms with E-state index in [0.717, 1.165) is 12.0 Å². The molecule has 1 aliphatic carbocycles. The maximum absolute atomic E-state index is 10.6. The Balaban J connectivity index is 2.85. The minimum Gasteiger partial charge on any atom is -0.481 e. The summed E-state index contributed by atoms with van der Waals surface area (Å²) >= 11 is 0. The number of rotatable bonds is 2. The van der Waals surface area contributed by atoms with Crippen molar-refractivity contribution in [1.82, 2.24) is 0 Å². The summed E-state index contributed by atoms with van der Waals surface area (Å²) in [5.74, 6) is -1.65. The fourth-order valence-corrected chi connectivity index (χ4v) is 1.64. The van der Waals surface area contributed by atoms with Crippen molar-refractivity contribution in [2.45, 2.75) is 32.3 Å². The molecule has 0 bridgehead atoms. The summed E-state index contributed by atoms with van der Waals surface area (Å²) in [6.45, 7) is 3.33. The molecule has 0 spiro atoms. The van der Waals surface area contributed by atoms with Gasteiger partial charge in [-0.15, -0.1) is 0 Å². The maximum atomic E-state index is 10.6. The number of aliphatic hydroxyl groups is 1. The zero-order valence-corrected chi connectivity index (χ0v) is 7.37. The van der Waals surface area contributed by atoms with Gasteiger partial charge in [0.25, 0.3) is 0 Å². The summed E-state index contributed by atoms with van der Waals surface area (Å²) in [5.41, 5.74) is -0.316. The standard InChI is InChI=1S/C9H14O3/c1-6-4-3-5-9(6,12)7(2)8(10)11/h4,7,12H,3,5H2,1-2H3,(H,10,11). The molecule has 0 aromatic rings. The van der Waals surface area contributed by atoms with Gasteiger partial charge in [-0.1, -0.05) is 6.08 Å². The first-order valence-electron chi connectivity index (χ1n) is 4.11. The van der Waals surface area contributed by atoms with Gasteiger partial charge in [0, 0.05) is 0 Å². The van der Waals surface area contributed by atoms with Crippen molar-refractivity contribution in [3.63, 3.8) is 0 Å². The number of aliphatic carboxylic acids is 1. The van der Waals surface area contributed by atoms with Crippen LogP contribution in [0.5, 0.6) is 0 Å². The first kappa shape index (κ1) is 9.26. The topological polar surface area (TPSA) is 57.5 Å². The van der Waals surface area contributed by atoms with Crippen LogP contribution in [-0.4, -0.2) is 21.8 Å². The number of hydrogen-bond acceptors (Lipinski definition) is 2. The molecule has 12 heavy (non-hydrogen) atoms. The summed E-state index contributed by atoms with van der Waals surface area (Å²) in [7, 11) is 0. The molecule has 0 amide bonds. The molecule has 0 aromatic heterocycles. The Kier molecular flexibility index (Phi) is 2.24. The van der Waals surface area contributed by atoms with Crippen LogP contribution in [0.15, 0.2) is 11.6 Å². The van der Waals surface area contributed by atoms with Crippen LogP contribution in [0.2, 0.25) is 0 Å². The molecule has 0 aliphatic heterocycles. The lowest BCUT2D eigenvalue weighted by Gasteiger charge is -2.28. The first-order valence-corrected chi connectivity index (χ1v) is 4.11. The van der Waals surface area contributed by atoms with Crippen molar-refractivity contribution < 1.29 is 15.0 Å². The number of hydrogen-bond donors (Lipinski definition) is 2. The molecular weight excluding hydrogens is 156 g/mol. The number of carboxylic acids is 1. The Labute approximate surface area is 71.7 Å². The van der Waals surface area contributed by atoms with Gasteiger partial charge >= 0.3 is 5.97 Å². The van der Waals surface area contributed by atoms with E-state index in [-0.39, 0.29) is 0 Å². The van der Waals surface area contributed by atoms with Crippen LogP contribution in [0.4, 0.5) is 0 Å². The smallest absolute Gasteiger partial charge is 0.309 e. The van der Waals surface area contributed by atoms with E-state index in [1.165, 1.54) is 0 Å². The normalized spacial score (nSPS) is 31.4. The number of carboxylic acid groups (broad SMARTS) is 1. The second-order valence-electron chi connectivity index (χ2n) is 3.41. The quantitative estimate of drug-likeness (QED) is 0.612. The van der Waals surface area contributed by atoms with E-state index >= 15 is 0 Å². The number of carbonyl (C=O) groups is 1. The van der Waals surface area contributed by atoms with Crippen molar-refractivity contribution in [3.8, 4) is 0 Å². The van der Waals surface area contributed by atoms with Gasteiger partial charge in [0.1, 0.15) is 0 Å². The van der Waals surface area contributed by atoms with E-state index in [9.17, 15) is 9.90 Å². The van der Waals surface area contributed by atoms with E-state index in [1.54, 1.807) is 13.8 Å². The predicted molar refractivity (Wildman–Crippen MR) is 44.7 cm³/mol. The highest BCUT2D eigenvalue weighted by molar-refractivity contribution is 5.72. The van der Waals surface area contributed by atoms with E-state index in [4.69, 9.17) is 5.11 Å². The van der Waals surface area contributed by atoms with Crippen molar-refractivity contribution in [2.24, 2.45) is 5.92 Å². The van der Waals surface area contributed by atoms with Crippen molar-refractivity contribution in [1.29, 1.82) is 0 Å². The SMILES string of the molecule is CC1=CCCC1(O)C(C)C(=O)O. The third-order valence-corrected chi connectivity index (χ3v) is 2.75. The van der Waals surface area contributed by atoms with Crippen LogP contribution in [-0.2, 0) is 4.79 Å². The van der Waals surface area contributed by atoms with Gasteiger partial charge in [-0.2, -0.15) is 0 Å². The van der Waals surface area contributed by atoms with Gasteiger partial charge < -0.3 is 10.2 Å². The molecule has 0 radical (unpaired) electrons. The molecule has 1 rings (SSSR count). The van der Waals surface area contributed by atoms with Gasteiger partial charge in [0.15, 0.2) is 0 Å². The first-order chi connectivity index (χ1) is 5.48. The van der Waals surface area contributed by atoms with E-state index in [1.807, 2.05) is 6.08 Å². The fraction of sp³-hybridized carbons (Fsp3) is 0.667. The van der Waals surface area contributed by atoms with Crippen LogP contribution >= 0.6 is 0 Å². The Morgan fingerprint density at radius 1 is 1.75 bits per heavy atom. The second kappa shape index (κ2) is 2.90. The molecule has 68 valence electrons. The average molecular weight is 170 g/mol. The second-order valence-corrected chi connectivity index (χ2v) is 3.41. The van der Waals surface area contributed by atoms with Crippen LogP contribution < -0.4 is 0 Å². The molecule has 0 heterocycles. The molecule has 3 heteroatoms. The van der Waals surface area contributed by atoms with Gasteiger partial charge in [-0.3, -0.25) is 4.79 Å². The summed E-state index contributed by atoms with van der Waals surface area (Å²) in [4.78, 5) is 10.6. The molecule has 0 aromatic carbocycles. The Morgan fingerprint density at radius 2 is 2.33 bits per heavy atom. The zero-order valence-electron chi connectivity index (χ0n) is 7.37. The van der Waals surface area contributed by atoms with Crippen LogP contribution in [0.25, 0.3) is 0 Å².